The lowest BCUT2D eigenvalue weighted by Gasteiger charge is -2.38. The van der Waals surface area contributed by atoms with Crippen molar-refractivity contribution in [2.75, 3.05) is 6.54 Å². The Morgan fingerprint density at radius 3 is 2.88 bits per heavy atom. The van der Waals surface area contributed by atoms with Gasteiger partial charge in [-0.15, -0.1) is 0 Å². The molecule has 0 radical (unpaired) electrons. The first-order valence-corrected chi connectivity index (χ1v) is 8.81. The first kappa shape index (κ1) is 14.5. The number of amides is 1. The summed E-state index contributed by atoms with van der Waals surface area (Å²) in [5, 5.41) is 0. The second-order valence-corrected chi connectivity index (χ2v) is 7.06. The molecule has 2 N–H and O–H groups in total. The Kier molecular flexibility index (Phi) is 3.10. The summed E-state index contributed by atoms with van der Waals surface area (Å²) in [4.78, 5) is 32.1. The molecule has 3 aromatic rings. The fraction of sp³-hybridized carbons (Fsp3) is 0.300. The van der Waals surface area contributed by atoms with Gasteiger partial charge in [-0.1, -0.05) is 24.3 Å². The van der Waals surface area contributed by atoms with Gasteiger partial charge in [-0.05, 0) is 48.6 Å². The number of rotatable bonds is 1. The van der Waals surface area contributed by atoms with Gasteiger partial charge in [0.15, 0.2) is 0 Å². The molecule has 1 aromatic heterocycles. The Balaban J connectivity index is 0.00000105. The summed E-state index contributed by atoms with van der Waals surface area (Å²) in [6, 6.07) is 14.2. The zero-order chi connectivity index (χ0) is 17.0. The summed E-state index contributed by atoms with van der Waals surface area (Å²) in [6.45, 7) is 0.801. The Morgan fingerprint density at radius 2 is 1.96 bits per heavy atom. The molecule has 0 spiro atoms. The molecular formula is C20H23N3O2. The van der Waals surface area contributed by atoms with Crippen LogP contribution in [0.2, 0.25) is 0 Å². The zero-order valence-electron chi connectivity index (χ0n) is 13.8. The Labute approximate surface area is 147 Å². The Hall–Kier alpha value is -2.82. The number of hydrogen-bond donors (Lipinski definition) is 2. The first-order valence-electron chi connectivity index (χ1n) is 8.81. The van der Waals surface area contributed by atoms with Crippen LogP contribution < -0.4 is 5.69 Å². The van der Waals surface area contributed by atoms with E-state index in [1.54, 1.807) is 18.2 Å². The summed E-state index contributed by atoms with van der Waals surface area (Å²) in [5.74, 6) is 0.510. The topological polar surface area (TPSA) is 69.0 Å². The van der Waals surface area contributed by atoms with Crippen LogP contribution in [0, 0.1) is 0 Å². The molecular weight excluding hydrogens is 314 g/mol. The number of nitrogens with one attached hydrogen (secondary N) is 2. The number of aromatic amines is 2. The second kappa shape index (κ2) is 5.34. The molecule has 2 aliphatic rings. The van der Waals surface area contributed by atoms with E-state index in [2.05, 4.69) is 34.2 Å². The Bertz CT molecular complexity index is 1040. The molecule has 0 saturated carbocycles. The lowest BCUT2D eigenvalue weighted by atomic mass is 9.88. The van der Waals surface area contributed by atoms with Crippen LogP contribution in [0.5, 0.6) is 0 Å². The Morgan fingerprint density at radius 1 is 1.12 bits per heavy atom. The number of likely N-dealkylation sites (tertiary alicyclic amines) is 1. The van der Waals surface area contributed by atoms with Crippen molar-refractivity contribution < 1.29 is 7.65 Å². The van der Waals surface area contributed by atoms with Gasteiger partial charge in [0.05, 0.1) is 11.0 Å². The lowest BCUT2D eigenvalue weighted by Crippen LogP contribution is -2.46. The van der Waals surface area contributed by atoms with Gasteiger partial charge in [-0.3, -0.25) is 4.79 Å². The van der Waals surface area contributed by atoms with Crippen molar-refractivity contribution in [3.63, 3.8) is 0 Å². The molecule has 2 aromatic carbocycles. The molecule has 130 valence electrons. The number of imidazole rings is 1. The van der Waals surface area contributed by atoms with Crippen molar-refractivity contribution >= 4 is 16.9 Å². The molecule has 5 nitrogen and oxygen atoms in total. The van der Waals surface area contributed by atoms with Gasteiger partial charge >= 0.3 is 5.69 Å². The summed E-state index contributed by atoms with van der Waals surface area (Å²) in [5.41, 5.74) is 4.59. The van der Waals surface area contributed by atoms with Crippen LogP contribution in [0.3, 0.4) is 0 Å². The number of piperidine rings is 1. The molecule has 2 unspecified atom stereocenters. The quantitative estimate of drug-likeness (QED) is 0.715. The minimum absolute atomic E-state index is 0. The molecule has 0 bridgehead atoms. The third-order valence-corrected chi connectivity index (χ3v) is 5.69. The van der Waals surface area contributed by atoms with Crippen LogP contribution in [0.15, 0.2) is 47.3 Å². The predicted molar refractivity (Wildman–Crippen MR) is 100 cm³/mol. The predicted octanol–water partition coefficient (Wildman–Crippen LogP) is 3.29. The van der Waals surface area contributed by atoms with Crippen molar-refractivity contribution in [3.05, 3.63) is 69.6 Å². The molecule has 5 heteroatoms. The number of carbonyl (C=O) groups is 1. The third kappa shape index (κ3) is 2.22. The number of fused-ring (bicyclic) bond motifs is 4. The SMILES string of the molecule is O=C(c1ccc2[nH]c(=O)[nH]c2c1)N1CCCC2c3ccccc3CC21.[HH].[HH]. The maximum absolute atomic E-state index is 13.2. The van der Waals surface area contributed by atoms with Gasteiger partial charge in [-0.25, -0.2) is 4.79 Å². The summed E-state index contributed by atoms with van der Waals surface area (Å²) >= 11 is 0. The molecule has 5 rings (SSSR count). The maximum Gasteiger partial charge on any atom is 0.323 e. The normalized spacial score (nSPS) is 22.0. The van der Waals surface area contributed by atoms with E-state index in [-0.39, 0.29) is 20.5 Å². The maximum atomic E-state index is 13.2. The van der Waals surface area contributed by atoms with Crippen molar-refractivity contribution in [2.45, 2.75) is 31.2 Å². The van der Waals surface area contributed by atoms with E-state index >= 15 is 0 Å². The lowest BCUT2D eigenvalue weighted by molar-refractivity contribution is 0.0595. The highest BCUT2D eigenvalue weighted by Crippen LogP contribution is 2.42. The van der Waals surface area contributed by atoms with Crippen molar-refractivity contribution in [1.82, 2.24) is 14.9 Å². The van der Waals surface area contributed by atoms with Crippen molar-refractivity contribution in [3.8, 4) is 0 Å². The minimum Gasteiger partial charge on any atom is -0.335 e. The number of H-pyrrole nitrogens is 2. The molecule has 2 atom stereocenters. The molecule has 25 heavy (non-hydrogen) atoms. The van der Waals surface area contributed by atoms with Gasteiger partial charge in [-0.2, -0.15) is 0 Å². The summed E-state index contributed by atoms with van der Waals surface area (Å²) < 4.78 is 0. The number of carbonyl (C=O) groups excluding carboxylic acids is 1. The highest BCUT2D eigenvalue weighted by molar-refractivity contribution is 5.97. The summed E-state index contributed by atoms with van der Waals surface area (Å²) in [7, 11) is 0. The van der Waals surface area contributed by atoms with Crippen molar-refractivity contribution in [1.29, 1.82) is 0 Å². The molecule has 1 amide bonds. The van der Waals surface area contributed by atoms with E-state index in [0.717, 1.165) is 31.3 Å². The average molecular weight is 337 g/mol. The first-order chi connectivity index (χ1) is 12.2. The van der Waals surface area contributed by atoms with Crippen LogP contribution in [-0.4, -0.2) is 33.4 Å². The van der Waals surface area contributed by atoms with Gasteiger partial charge in [0, 0.05) is 26.9 Å². The van der Waals surface area contributed by atoms with Crippen LogP contribution in [0.1, 0.15) is 43.1 Å². The van der Waals surface area contributed by atoms with Crippen LogP contribution in [-0.2, 0) is 6.42 Å². The third-order valence-electron chi connectivity index (χ3n) is 5.69. The number of aromatic nitrogens is 2. The van der Waals surface area contributed by atoms with Gasteiger partial charge in [0.25, 0.3) is 5.91 Å². The smallest absolute Gasteiger partial charge is 0.323 e. The van der Waals surface area contributed by atoms with Crippen LogP contribution in [0.4, 0.5) is 0 Å². The molecule has 2 heterocycles. The van der Waals surface area contributed by atoms with E-state index in [1.165, 1.54) is 11.1 Å². The van der Waals surface area contributed by atoms with Gasteiger partial charge in [0.2, 0.25) is 0 Å². The molecule has 1 aliphatic heterocycles. The zero-order valence-corrected chi connectivity index (χ0v) is 13.8. The van der Waals surface area contributed by atoms with Crippen LogP contribution >= 0.6 is 0 Å². The molecule has 1 fully saturated rings. The molecule has 1 aliphatic carbocycles. The van der Waals surface area contributed by atoms with Gasteiger partial charge < -0.3 is 14.9 Å². The van der Waals surface area contributed by atoms with E-state index in [4.69, 9.17) is 0 Å². The van der Waals surface area contributed by atoms with Crippen LogP contribution in [0.25, 0.3) is 11.0 Å². The standard InChI is InChI=1S/C20H19N3O2.2H2/c24-19(13-7-8-16-17(10-13)22-20(25)21-16)23-9-3-6-15-14-5-2-1-4-12(14)11-18(15)23;;/h1-2,4-5,7-8,10,15,18H,3,6,9,11H2,(H2,21,22,25);2*1H. The number of benzene rings is 2. The summed E-state index contributed by atoms with van der Waals surface area (Å²) in [6.07, 6.45) is 3.12. The largest absolute Gasteiger partial charge is 0.335 e. The monoisotopic (exact) mass is 337 g/mol. The highest BCUT2D eigenvalue weighted by Gasteiger charge is 2.40. The fourth-order valence-electron chi connectivity index (χ4n) is 4.56. The van der Waals surface area contributed by atoms with E-state index in [0.29, 0.717) is 17.0 Å². The van der Waals surface area contributed by atoms with E-state index in [1.807, 2.05) is 4.90 Å². The number of nitrogens with zero attached hydrogens (tertiary/aromatic N) is 1. The van der Waals surface area contributed by atoms with E-state index < -0.39 is 0 Å². The molecule has 1 saturated heterocycles. The van der Waals surface area contributed by atoms with E-state index in [9.17, 15) is 9.59 Å². The average Bonchev–Trinajstić information content (AvgIpc) is 3.19. The number of hydrogen-bond acceptors (Lipinski definition) is 2. The second-order valence-electron chi connectivity index (χ2n) is 7.06. The highest BCUT2D eigenvalue weighted by atomic mass is 16.2. The minimum atomic E-state index is -0.246. The van der Waals surface area contributed by atoms with Gasteiger partial charge in [0.1, 0.15) is 0 Å². The fourth-order valence-corrected chi connectivity index (χ4v) is 4.56. The van der Waals surface area contributed by atoms with Crippen molar-refractivity contribution in [2.24, 2.45) is 0 Å².